The number of carboxylic acid groups (broad SMARTS) is 1. The van der Waals surface area contributed by atoms with Crippen LogP contribution in [0.2, 0.25) is 0 Å². The quantitative estimate of drug-likeness (QED) is 0.840. The molecule has 1 heterocycles. The highest BCUT2D eigenvalue weighted by molar-refractivity contribution is 5.75. The standard InChI is InChI=1S/C13H19NO3/c1-7-6-8(7)9-4-5-10(17-9)13(2,3)11(14)12(15)16/h4-5,7-8,11H,6,14H2,1-3H3,(H,15,16). The van der Waals surface area contributed by atoms with Crippen molar-refractivity contribution in [1.29, 1.82) is 0 Å². The minimum atomic E-state index is -1.01. The molecule has 3 N–H and O–H groups in total. The molecule has 0 aromatic carbocycles. The van der Waals surface area contributed by atoms with Crippen molar-refractivity contribution in [2.45, 2.75) is 44.6 Å². The van der Waals surface area contributed by atoms with Gasteiger partial charge in [0.05, 0.1) is 0 Å². The molecule has 0 radical (unpaired) electrons. The molecule has 0 aliphatic heterocycles. The zero-order chi connectivity index (χ0) is 12.8. The number of carboxylic acids is 1. The van der Waals surface area contributed by atoms with Gasteiger partial charge in [0.1, 0.15) is 17.6 Å². The maximum absolute atomic E-state index is 11.0. The minimum absolute atomic E-state index is 0.501. The van der Waals surface area contributed by atoms with Crippen molar-refractivity contribution in [3.05, 3.63) is 23.7 Å². The minimum Gasteiger partial charge on any atom is -0.480 e. The molecule has 1 saturated carbocycles. The second kappa shape index (κ2) is 3.88. The fourth-order valence-corrected chi connectivity index (χ4v) is 2.08. The van der Waals surface area contributed by atoms with Crippen LogP contribution in [0.1, 0.15) is 44.6 Å². The molecular weight excluding hydrogens is 218 g/mol. The maximum atomic E-state index is 11.0. The second-order valence-electron chi connectivity index (χ2n) is 5.56. The molecule has 3 unspecified atom stereocenters. The molecule has 1 aliphatic rings. The third-order valence-electron chi connectivity index (χ3n) is 3.78. The molecule has 4 nitrogen and oxygen atoms in total. The van der Waals surface area contributed by atoms with Gasteiger partial charge in [-0.25, -0.2) is 0 Å². The van der Waals surface area contributed by atoms with E-state index in [4.69, 9.17) is 15.3 Å². The molecule has 3 atom stereocenters. The summed E-state index contributed by atoms with van der Waals surface area (Å²) < 4.78 is 5.77. The van der Waals surface area contributed by atoms with Crippen LogP contribution in [0.15, 0.2) is 16.5 Å². The first-order valence-corrected chi connectivity index (χ1v) is 5.92. The average molecular weight is 237 g/mol. The zero-order valence-electron chi connectivity index (χ0n) is 10.4. The van der Waals surface area contributed by atoms with Gasteiger partial charge in [0.25, 0.3) is 0 Å². The summed E-state index contributed by atoms with van der Waals surface area (Å²) in [5, 5.41) is 8.98. The van der Waals surface area contributed by atoms with Crippen LogP contribution in [0.25, 0.3) is 0 Å². The largest absolute Gasteiger partial charge is 0.480 e. The lowest BCUT2D eigenvalue weighted by molar-refractivity contribution is -0.140. The lowest BCUT2D eigenvalue weighted by atomic mass is 9.82. The molecule has 0 saturated heterocycles. The maximum Gasteiger partial charge on any atom is 0.321 e. The number of hydrogen-bond donors (Lipinski definition) is 2. The van der Waals surface area contributed by atoms with E-state index in [2.05, 4.69) is 6.92 Å². The van der Waals surface area contributed by atoms with Crippen molar-refractivity contribution in [3.8, 4) is 0 Å². The van der Waals surface area contributed by atoms with E-state index in [9.17, 15) is 4.79 Å². The Hall–Kier alpha value is -1.29. The average Bonchev–Trinajstić information content (AvgIpc) is 2.81. The molecule has 1 aromatic heterocycles. The third kappa shape index (κ3) is 2.09. The fraction of sp³-hybridized carbons (Fsp3) is 0.615. The van der Waals surface area contributed by atoms with Crippen molar-refractivity contribution < 1.29 is 14.3 Å². The van der Waals surface area contributed by atoms with Crippen molar-refractivity contribution in [2.75, 3.05) is 0 Å². The first-order chi connectivity index (χ1) is 7.84. The lowest BCUT2D eigenvalue weighted by Gasteiger charge is -2.26. The number of aliphatic carboxylic acids is 1. The predicted octanol–water partition coefficient (Wildman–Crippen LogP) is 2.09. The number of carbonyl (C=O) groups is 1. The molecule has 0 amide bonds. The Morgan fingerprint density at radius 2 is 2.18 bits per heavy atom. The highest BCUT2D eigenvalue weighted by Gasteiger charge is 2.40. The predicted molar refractivity (Wildman–Crippen MR) is 63.9 cm³/mol. The number of hydrogen-bond acceptors (Lipinski definition) is 3. The molecule has 1 fully saturated rings. The summed E-state index contributed by atoms with van der Waals surface area (Å²) in [4.78, 5) is 11.0. The van der Waals surface area contributed by atoms with Gasteiger partial charge in [0.15, 0.2) is 0 Å². The molecule has 4 heteroatoms. The van der Waals surface area contributed by atoms with Crippen molar-refractivity contribution in [1.82, 2.24) is 0 Å². The summed E-state index contributed by atoms with van der Waals surface area (Å²) in [6, 6.07) is 2.83. The van der Waals surface area contributed by atoms with Gasteiger partial charge in [-0.3, -0.25) is 4.79 Å². The Bertz CT molecular complexity index is 436. The van der Waals surface area contributed by atoms with Crippen LogP contribution in [-0.2, 0) is 10.2 Å². The van der Waals surface area contributed by atoms with Crippen LogP contribution in [0.3, 0.4) is 0 Å². The summed E-state index contributed by atoms with van der Waals surface area (Å²) >= 11 is 0. The first-order valence-electron chi connectivity index (χ1n) is 5.92. The summed E-state index contributed by atoms with van der Waals surface area (Å²) in [6.07, 6.45) is 1.15. The number of furan rings is 1. The van der Waals surface area contributed by atoms with Crippen molar-refractivity contribution >= 4 is 5.97 Å². The van der Waals surface area contributed by atoms with Crippen molar-refractivity contribution in [3.63, 3.8) is 0 Å². The van der Waals surface area contributed by atoms with Crippen molar-refractivity contribution in [2.24, 2.45) is 11.7 Å². The first kappa shape index (κ1) is 12.2. The topological polar surface area (TPSA) is 76.5 Å². The van der Waals surface area contributed by atoms with E-state index in [1.165, 1.54) is 0 Å². The summed E-state index contributed by atoms with van der Waals surface area (Å²) in [5.41, 5.74) is 5.00. The van der Waals surface area contributed by atoms with Gasteiger partial charge < -0.3 is 15.3 Å². The van der Waals surface area contributed by atoms with Gasteiger partial charge in [0.2, 0.25) is 0 Å². The Morgan fingerprint density at radius 3 is 2.65 bits per heavy atom. The van der Waals surface area contributed by atoms with Gasteiger partial charge in [-0.1, -0.05) is 20.8 Å². The number of nitrogens with two attached hydrogens (primary N) is 1. The molecule has 17 heavy (non-hydrogen) atoms. The Labute approximate surface area is 101 Å². The van der Waals surface area contributed by atoms with Crippen LogP contribution < -0.4 is 5.73 Å². The Balaban J connectivity index is 2.21. The summed E-state index contributed by atoms with van der Waals surface area (Å²) in [5.74, 6) is 1.78. The zero-order valence-corrected chi connectivity index (χ0v) is 10.4. The van der Waals surface area contributed by atoms with Gasteiger partial charge >= 0.3 is 5.97 Å². The van der Waals surface area contributed by atoms with E-state index in [1.54, 1.807) is 13.8 Å². The normalized spacial score (nSPS) is 25.6. The monoisotopic (exact) mass is 237 g/mol. The van der Waals surface area contributed by atoms with Gasteiger partial charge in [0, 0.05) is 11.3 Å². The number of rotatable bonds is 4. The second-order valence-corrected chi connectivity index (χ2v) is 5.56. The van der Waals surface area contributed by atoms with Gasteiger partial charge in [-0.15, -0.1) is 0 Å². The molecule has 0 bridgehead atoms. The van der Waals surface area contributed by atoms with Crippen LogP contribution in [-0.4, -0.2) is 17.1 Å². The fourth-order valence-electron chi connectivity index (χ4n) is 2.08. The van der Waals surface area contributed by atoms with Crippen LogP contribution in [0.4, 0.5) is 0 Å². The van der Waals surface area contributed by atoms with Gasteiger partial charge in [-0.05, 0) is 24.5 Å². The van der Waals surface area contributed by atoms with E-state index in [0.29, 0.717) is 17.6 Å². The molecule has 94 valence electrons. The van der Waals surface area contributed by atoms with E-state index in [0.717, 1.165) is 12.2 Å². The smallest absolute Gasteiger partial charge is 0.321 e. The highest BCUT2D eigenvalue weighted by atomic mass is 16.4. The molecule has 0 spiro atoms. The van der Waals surface area contributed by atoms with E-state index >= 15 is 0 Å². The third-order valence-corrected chi connectivity index (χ3v) is 3.78. The van der Waals surface area contributed by atoms with Gasteiger partial charge in [-0.2, -0.15) is 0 Å². The van der Waals surface area contributed by atoms with Crippen LogP contribution in [0, 0.1) is 5.92 Å². The lowest BCUT2D eigenvalue weighted by Crippen LogP contribution is -2.46. The molecule has 2 rings (SSSR count). The van der Waals surface area contributed by atoms with E-state index < -0.39 is 17.4 Å². The molecule has 1 aliphatic carbocycles. The van der Waals surface area contributed by atoms with Crippen LogP contribution >= 0.6 is 0 Å². The molecular formula is C13H19NO3. The molecule has 1 aromatic rings. The highest BCUT2D eigenvalue weighted by Crippen LogP contribution is 2.48. The Morgan fingerprint density at radius 1 is 1.59 bits per heavy atom. The van der Waals surface area contributed by atoms with E-state index in [1.807, 2.05) is 12.1 Å². The summed E-state index contributed by atoms with van der Waals surface area (Å²) in [6.45, 7) is 5.77. The Kier molecular flexibility index (Phi) is 2.78. The summed E-state index contributed by atoms with van der Waals surface area (Å²) in [7, 11) is 0. The SMILES string of the molecule is CC1CC1c1ccc(C(C)(C)C(N)C(=O)O)o1. The van der Waals surface area contributed by atoms with Crippen LogP contribution in [0.5, 0.6) is 0 Å². The van der Waals surface area contributed by atoms with E-state index in [-0.39, 0.29) is 0 Å².